The molecule has 0 fully saturated rings. The molecule has 0 aliphatic rings. The third kappa shape index (κ3) is 1.93. The first-order valence-electron chi connectivity index (χ1n) is 4.63. The summed E-state index contributed by atoms with van der Waals surface area (Å²) >= 11 is 0. The highest BCUT2D eigenvalue weighted by molar-refractivity contribution is 6.00. The molecule has 1 aromatic rings. The zero-order valence-electron chi connectivity index (χ0n) is 8.54. The number of carbonyl (C=O) groups excluding carboxylic acids is 1. The monoisotopic (exact) mass is 193 g/mol. The Morgan fingerprint density at radius 1 is 1.50 bits per heavy atom. The van der Waals surface area contributed by atoms with Crippen LogP contribution in [0.15, 0.2) is 18.2 Å². The van der Waals surface area contributed by atoms with Crippen LogP contribution in [0.5, 0.6) is 5.75 Å². The van der Waals surface area contributed by atoms with Gasteiger partial charge < -0.3 is 10.5 Å². The van der Waals surface area contributed by atoms with Crippen LogP contribution in [0.25, 0.3) is 0 Å². The van der Waals surface area contributed by atoms with E-state index < -0.39 is 0 Å². The lowest BCUT2D eigenvalue weighted by molar-refractivity contribution is 0.0998. The Balaban J connectivity index is 3.21. The fourth-order valence-electron chi connectivity index (χ4n) is 1.43. The van der Waals surface area contributed by atoms with E-state index in [2.05, 4.69) is 0 Å². The number of carbonyl (C=O) groups is 1. The minimum absolute atomic E-state index is 0.0174. The van der Waals surface area contributed by atoms with Gasteiger partial charge in [-0.3, -0.25) is 4.79 Å². The van der Waals surface area contributed by atoms with Gasteiger partial charge in [0.15, 0.2) is 5.78 Å². The van der Waals surface area contributed by atoms with Crippen LogP contribution in [-0.2, 0) is 6.42 Å². The predicted molar refractivity (Wildman–Crippen MR) is 55.8 cm³/mol. The van der Waals surface area contributed by atoms with Crippen LogP contribution < -0.4 is 10.5 Å². The number of Topliss-reactive ketones (excluding diaryl/α,β-unsaturated/α-hetero) is 1. The van der Waals surface area contributed by atoms with Crippen LogP contribution in [0.3, 0.4) is 0 Å². The normalized spacial score (nSPS) is 9.93. The molecule has 1 aromatic carbocycles. The molecule has 76 valence electrons. The van der Waals surface area contributed by atoms with Gasteiger partial charge in [0.25, 0.3) is 0 Å². The van der Waals surface area contributed by atoms with Crippen molar-refractivity contribution in [2.24, 2.45) is 5.73 Å². The molecule has 0 aliphatic carbocycles. The Bertz CT molecular complexity index is 334. The number of ether oxygens (including phenoxy) is 1. The molecule has 0 amide bonds. The lowest BCUT2D eigenvalue weighted by Gasteiger charge is -2.10. The van der Waals surface area contributed by atoms with Crippen LogP contribution >= 0.6 is 0 Å². The van der Waals surface area contributed by atoms with Crippen molar-refractivity contribution in [3.8, 4) is 5.75 Å². The Kier molecular flexibility index (Phi) is 3.65. The fraction of sp³-hybridized carbons (Fsp3) is 0.364. The van der Waals surface area contributed by atoms with Crippen LogP contribution in [0, 0.1) is 0 Å². The smallest absolute Gasteiger partial charge is 0.180 e. The summed E-state index contributed by atoms with van der Waals surface area (Å²) < 4.78 is 5.21. The van der Waals surface area contributed by atoms with Crippen molar-refractivity contribution in [3.63, 3.8) is 0 Å². The van der Waals surface area contributed by atoms with E-state index >= 15 is 0 Å². The summed E-state index contributed by atoms with van der Waals surface area (Å²) in [6, 6.07) is 5.55. The summed E-state index contributed by atoms with van der Waals surface area (Å²) in [4.78, 5) is 11.5. The molecule has 0 bridgehead atoms. The van der Waals surface area contributed by atoms with E-state index in [9.17, 15) is 4.79 Å². The number of ketones is 1. The van der Waals surface area contributed by atoms with E-state index in [0.29, 0.717) is 11.3 Å². The van der Waals surface area contributed by atoms with E-state index in [-0.39, 0.29) is 12.3 Å². The van der Waals surface area contributed by atoms with Gasteiger partial charge in [0.2, 0.25) is 0 Å². The zero-order valence-corrected chi connectivity index (χ0v) is 8.54. The number of methoxy groups -OCH3 is 1. The van der Waals surface area contributed by atoms with Gasteiger partial charge in [-0.05, 0) is 18.1 Å². The summed E-state index contributed by atoms with van der Waals surface area (Å²) in [5.41, 5.74) is 6.93. The van der Waals surface area contributed by atoms with Gasteiger partial charge in [-0.2, -0.15) is 0 Å². The van der Waals surface area contributed by atoms with Crippen molar-refractivity contribution >= 4 is 5.78 Å². The summed E-state index contributed by atoms with van der Waals surface area (Å²) in [5, 5.41) is 0. The number of aryl methyl sites for hydroxylation is 1. The van der Waals surface area contributed by atoms with Gasteiger partial charge in [0.1, 0.15) is 5.75 Å². The molecule has 0 radical (unpaired) electrons. The van der Waals surface area contributed by atoms with Crippen LogP contribution in [0.4, 0.5) is 0 Å². The number of hydrogen-bond acceptors (Lipinski definition) is 3. The summed E-state index contributed by atoms with van der Waals surface area (Å²) in [6.07, 6.45) is 0.842. The highest BCUT2D eigenvalue weighted by Gasteiger charge is 2.12. The maximum absolute atomic E-state index is 11.5. The fourth-order valence-corrected chi connectivity index (χ4v) is 1.43. The molecule has 3 heteroatoms. The van der Waals surface area contributed by atoms with Crippen molar-refractivity contribution < 1.29 is 9.53 Å². The molecule has 1 rings (SSSR count). The molecule has 0 aliphatic heterocycles. The van der Waals surface area contributed by atoms with Gasteiger partial charge in [0.05, 0.1) is 19.2 Å². The number of benzene rings is 1. The molecule has 0 heterocycles. The van der Waals surface area contributed by atoms with Gasteiger partial charge in [-0.25, -0.2) is 0 Å². The number of rotatable bonds is 4. The first-order valence-corrected chi connectivity index (χ1v) is 4.63. The average Bonchev–Trinajstić information content (AvgIpc) is 2.26. The van der Waals surface area contributed by atoms with Crippen molar-refractivity contribution in [1.29, 1.82) is 0 Å². The first-order chi connectivity index (χ1) is 6.74. The number of para-hydroxylation sites is 1. The largest absolute Gasteiger partial charge is 0.496 e. The van der Waals surface area contributed by atoms with E-state index in [1.165, 1.54) is 0 Å². The third-order valence-electron chi connectivity index (χ3n) is 2.17. The number of hydrogen-bond donors (Lipinski definition) is 1. The van der Waals surface area contributed by atoms with Gasteiger partial charge in [0, 0.05) is 0 Å². The van der Waals surface area contributed by atoms with Crippen molar-refractivity contribution in [3.05, 3.63) is 29.3 Å². The summed E-state index contributed by atoms with van der Waals surface area (Å²) in [5.74, 6) is 0.572. The Labute approximate surface area is 83.9 Å². The third-order valence-corrected chi connectivity index (χ3v) is 2.17. The van der Waals surface area contributed by atoms with Crippen LogP contribution in [0.2, 0.25) is 0 Å². The Hall–Kier alpha value is -1.35. The molecule has 0 saturated carbocycles. The van der Waals surface area contributed by atoms with Crippen LogP contribution in [-0.4, -0.2) is 19.4 Å². The van der Waals surface area contributed by atoms with Crippen molar-refractivity contribution in [2.45, 2.75) is 13.3 Å². The minimum Gasteiger partial charge on any atom is -0.496 e. The molecular formula is C11H15NO2. The van der Waals surface area contributed by atoms with Gasteiger partial charge in [-0.1, -0.05) is 19.1 Å². The standard InChI is InChI=1S/C11H15NO2/c1-3-8-5-4-6-9(10(13)7-12)11(8)14-2/h4-6H,3,7,12H2,1-2H3. The minimum atomic E-state index is -0.0860. The Morgan fingerprint density at radius 3 is 2.71 bits per heavy atom. The maximum atomic E-state index is 11.5. The zero-order chi connectivity index (χ0) is 10.6. The molecule has 14 heavy (non-hydrogen) atoms. The molecule has 0 saturated heterocycles. The molecular weight excluding hydrogens is 178 g/mol. The molecule has 0 aromatic heterocycles. The molecule has 2 N–H and O–H groups in total. The second-order valence-electron chi connectivity index (χ2n) is 2.98. The molecule has 0 spiro atoms. The van der Waals surface area contributed by atoms with E-state index in [1.807, 2.05) is 19.1 Å². The highest BCUT2D eigenvalue weighted by atomic mass is 16.5. The van der Waals surface area contributed by atoms with Crippen molar-refractivity contribution in [1.82, 2.24) is 0 Å². The topological polar surface area (TPSA) is 52.3 Å². The molecule has 0 unspecified atom stereocenters. The van der Waals surface area contributed by atoms with Gasteiger partial charge >= 0.3 is 0 Å². The van der Waals surface area contributed by atoms with E-state index in [4.69, 9.17) is 10.5 Å². The second kappa shape index (κ2) is 4.77. The summed E-state index contributed by atoms with van der Waals surface area (Å²) in [6.45, 7) is 2.04. The first kappa shape index (κ1) is 10.7. The Morgan fingerprint density at radius 2 is 2.21 bits per heavy atom. The lowest BCUT2D eigenvalue weighted by atomic mass is 10.0. The SMILES string of the molecule is CCc1cccc(C(=O)CN)c1OC. The van der Waals surface area contributed by atoms with Crippen LogP contribution in [0.1, 0.15) is 22.8 Å². The van der Waals surface area contributed by atoms with E-state index in [1.54, 1.807) is 13.2 Å². The molecule has 0 atom stereocenters. The average molecular weight is 193 g/mol. The highest BCUT2D eigenvalue weighted by Crippen LogP contribution is 2.24. The maximum Gasteiger partial charge on any atom is 0.180 e. The quantitative estimate of drug-likeness (QED) is 0.735. The summed E-state index contributed by atoms with van der Waals surface area (Å²) in [7, 11) is 1.57. The second-order valence-corrected chi connectivity index (χ2v) is 2.98. The van der Waals surface area contributed by atoms with Gasteiger partial charge in [-0.15, -0.1) is 0 Å². The van der Waals surface area contributed by atoms with E-state index in [0.717, 1.165) is 12.0 Å². The predicted octanol–water partition coefficient (Wildman–Crippen LogP) is 1.40. The lowest BCUT2D eigenvalue weighted by Crippen LogP contribution is -2.15. The van der Waals surface area contributed by atoms with Crippen molar-refractivity contribution in [2.75, 3.05) is 13.7 Å². The number of nitrogens with two attached hydrogens (primary N) is 1. The molecule has 3 nitrogen and oxygen atoms in total.